The van der Waals surface area contributed by atoms with E-state index in [2.05, 4.69) is 11.0 Å². The van der Waals surface area contributed by atoms with Gasteiger partial charge in [0.1, 0.15) is 5.75 Å². The summed E-state index contributed by atoms with van der Waals surface area (Å²) in [5.74, 6) is 0.932. The largest absolute Gasteiger partial charge is 0.496 e. The zero-order valence-corrected chi connectivity index (χ0v) is 16.4. The summed E-state index contributed by atoms with van der Waals surface area (Å²) >= 11 is 1.66. The summed E-state index contributed by atoms with van der Waals surface area (Å²) in [5, 5.41) is 0. The highest BCUT2D eigenvalue weighted by Gasteiger charge is 2.14. The van der Waals surface area contributed by atoms with E-state index in [0.29, 0.717) is 0 Å². The summed E-state index contributed by atoms with van der Waals surface area (Å²) in [6.07, 6.45) is 3.55. The van der Waals surface area contributed by atoms with Crippen LogP contribution >= 0.6 is 11.3 Å². The smallest absolute Gasteiger partial charge is 0.186 e. The first-order chi connectivity index (χ1) is 12.6. The van der Waals surface area contributed by atoms with Gasteiger partial charge in [0.25, 0.3) is 0 Å². The molecule has 1 aliphatic heterocycles. The molecule has 4 nitrogen and oxygen atoms in total. The van der Waals surface area contributed by atoms with Crippen LogP contribution < -0.4 is 4.74 Å². The second kappa shape index (κ2) is 8.62. The monoisotopic (exact) mass is 371 g/mol. The van der Waals surface area contributed by atoms with E-state index < -0.39 is 0 Å². The number of allylic oxidation sites excluding steroid dienone is 1. The first kappa shape index (κ1) is 18.8. The Hall–Kier alpha value is -1.95. The number of aryl methyl sites for hydroxylation is 2. The minimum absolute atomic E-state index is 0.0531. The molecule has 1 fully saturated rings. The van der Waals surface area contributed by atoms with E-state index in [-0.39, 0.29) is 5.78 Å². The van der Waals surface area contributed by atoms with Crippen molar-refractivity contribution in [3.8, 4) is 5.75 Å². The van der Waals surface area contributed by atoms with Crippen LogP contribution in [0.3, 0.4) is 0 Å². The molecule has 3 rings (SSSR count). The number of hydrogen-bond donors (Lipinski definition) is 0. The standard InChI is InChI=1S/C21H25NO3S/c1-15-12-19(16(2)26-15)20(23)6-4-17-5-7-21(24-3)18(13-17)14-22-8-10-25-11-9-22/h4-7,12-13H,8-11,14H2,1-3H3/b6-4+. The molecule has 0 radical (unpaired) electrons. The molecule has 0 amide bonds. The predicted octanol–water partition coefficient (Wildman–Crippen LogP) is 4.10. The molecule has 0 atom stereocenters. The maximum Gasteiger partial charge on any atom is 0.186 e. The molecule has 0 aliphatic carbocycles. The van der Waals surface area contributed by atoms with Crippen LogP contribution in [-0.2, 0) is 11.3 Å². The van der Waals surface area contributed by atoms with Crippen molar-refractivity contribution >= 4 is 23.2 Å². The normalized spacial score (nSPS) is 15.5. The van der Waals surface area contributed by atoms with Gasteiger partial charge >= 0.3 is 0 Å². The summed E-state index contributed by atoms with van der Waals surface area (Å²) in [5.41, 5.74) is 2.93. The highest BCUT2D eigenvalue weighted by molar-refractivity contribution is 7.12. The Morgan fingerprint density at radius 3 is 2.69 bits per heavy atom. The third-order valence-corrected chi connectivity index (χ3v) is 5.50. The van der Waals surface area contributed by atoms with Crippen molar-refractivity contribution in [2.45, 2.75) is 20.4 Å². The van der Waals surface area contributed by atoms with Gasteiger partial charge in [-0.2, -0.15) is 0 Å². The van der Waals surface area contributed by atoms with Crippen LogP contribution in [0.4, 0.5) is 0 Å². The van der Waals surface area contributed by atoms with Gasteiger partial charge < -0.3 is 9.47 Å². The fourth-order valence-electron chi connectivity index (χ4n) is 3.16. The van der Waals surface area contributed by atoms with E-state index in [1.165, 1.54) is 0 Å². The number of nitrogens with zero attached hydrogens (tertiary/aromatic N) is 1. The van der Waals surface area contributed by atoms with Crippen LogP contribution in [0.2, 0.25) is 0 Å². The molecular weight excluding hydrogens is 346 g/mol. The van der Waals surface area contributed by atoms with Crippen molar-refractivity contribution in [2.24, 2.45) is 0 Å². The number of rotatable bonds is 6. The Balaban J connectivity index is 1.76. The van der Waals surface area contributed by atoms with Crippen LogP contribution in [0.1, 0.15) is 31.2 Å². The Labute approximate surface area is 159 Å². The SMILES string of the molecule is COc1ccc(/C=C/C(=O)c2cc(C)sc2C)cc1CN1CCOCC1. The van der Waals surface area contributed by atoms with Gasteiger partial charge in [-0.1, -0.05) is 12.1 Å². The number of methoxy groups -OCH3 is 1. The third-order valence-electron chi connectivity index (χ3n) is 4.54. The Morgan fingerprint density at radius 2 is 2.04 bits per heavy atom. The number of morpholine rings is 1. The summed E-state index contributed by atoms with van der Waals surface area (Å²) in [4.78, 5) is 17.0. The minimum atomic E-state index is 0.0531. The lowest BCUT2D eigenvalue weighted by Gasteiger charge is -2.27. The molecule has 5 heteroatoms. The molecule has 138 valence electrons. The Kier molecular flexibility index (Phi) is 6.25. The van der Waals surface area contributed by atoms with Gasteiger partial charge in [-0.3, -0.25) is 9.69 Å². The topological polar surface area (TPSA) is 38.8 Å². The van der Waals surface area contributed by atoms with Crippen LogP contribution in [0.15, 0.2) is 30.3 Å². The van der Waals surface area contributed by atoms with E-state index in [4.69, 9.17) is 9.47 Å². The number of benzene rings is 1. The van der Waals surface area contributed by atoms with E-state index in [9.17, 15) is 4.79 Å². The molecule has 1 aromatic carbocycles. The average molecular weight is 372 g/mol. The fourth-order valence-corrected chi connectivity index (χ4v) is 4.09. The molecule has 2 aromatic rings. The third kappa shape index (κ3) is 4.61. The fraction of sp³-hybridized carbons (Fsp3) is 0.381. The number of ketones is 1. The van der Waals surface area contributed by atoms with Crippen molar-refractivity contribution in [1.29, 1.82) is 0 Å². The van der Waals surface area contributed by atoms with Crippen LogP contribution in [0.25, 0.3) is 6.08 Å². The first-order valence-electron chi connectivity index (χ1n) is 8.83. The quantitative estimate of drug-likeness (QED) is 0.566. The minimum Gasteiger partial charge on any atom is -0.496 e. The molecule has 2 heterocycles. The summed E-state index contributed by atoms with van der Waals surface area (Å²) in [7, 11) is 1.69. The summed E-state index contributed by atoms with van der Waals surface area (Å²) in [6, 6.07) is 8.02. The Bertz CT molecular complexity index is 804. The van der Waals surface area contributed by atoms with Crippen LogP contribution in [-0.4, -0.2) is 44.1 Å². The number of ether oxygens (including phenoxy) is 2. The second-order valence-corrected chi connectivity index (χ2v) is 7.94. The molecule has 26 heavy (non-hydrogen) atoms. The van der Waals surface area contributed by atoms with E-state index >= 15 is 0 Å². The molecule has 1 saturated heterocycles. The molecule has 0 N–H and O–H groups in total. The molecule has 0 unspecified atom stereocenters. The molecule has 0 bridgehead atoms. The first-order valence-corrected chi connectivity index (χ1v) is 9.65. The predicted molar refractivity (Wildman–Crippen MR) is 106 cm³/mol. The maximum atomic E-state index is 12.5. The maximum absolute atomic E-state index is 12.5. The van der Waals surface area contributed by atoms with Crippen molar-refractivity contribution < 1.29 is 14.3 Å². The molecule has 1 aromatic heterocycles. The van der Waals surface area contributed by atoms with Crippen molar-refractivity contribution in [3.05, 3.63) is 56.8 Å². The van der Waals surface area contributed by atoms with Gasteiger partial charge in [-0.05, 0) is 43.7 Å². The highest BCUT2D eigenvalue weighted by Crippen LogP contribution is 2.24. The van der Waals surface area contributed by atoms with Gasteiger partial charge in [0, 0.05) is 40.5 Å². The van der Waals surface area contributed by atoms with Gasteiger partial charge in [-0.15, -0.1) is 11.3 Å². The van der Waals surface area contributed by atoms with Crippen molar-refractivity contribution in [3.63, 3.8) is 0 Å². The van der Waals surface area contributed by atoms with Crippen molar-refractivity contribution in [2.75, 3.05) is 33.4 Å². The highest BCUT2D eigenvalue weighted by atomic mass is 32.1. The van der Waals surface area contributed by atoms with E-state index in [0.717, 1.165) is 65.0 Å². The molecular formula is C21H25NO3S. The lowest BCUT2D eigenvalue weighted by molar-refractivity contribution is 0.0339. The van der Waals surface area contributed by atoms with E-state index in [1.807, 2.05) is 38.1 Å². The number of carbonyl (C=O) groups excluding carboxylic acids is 1. The zero-order valence-electron chi connectivity index (χ0n) is 15.6. The summed E-state index contributed by atoms with van der Waals surface area (Å²) in [6.45, 7) is 8.25. The zero-order chi connectivity index (χ0) is 18.5. The van der Waals surface area contributed by atoms with Gasteiger partial charge in [0.05, 0.1) is 20.3 Å². The van der Waals surface area contributed by atoms with Gasteiger partial charge in [0.15, 0.2) is 5.78 Å². The average Bonchev–Trinajstić information content (AvgIpc) is 2.99. The second-order valence-electron chi connectivity index (χ2n) is 6.48. The molecule has 1 aliphatic rings. The van der Waals surface area contributed by atoms with Crippen LogP contribution in [0.5, 0.6) is 5.75 Å². The lowest BCUT2D eigenvalue weighted by atomic mass is 10.1. The van der Waals surface area contributed by atoms with Gasteiger partial charge in [-0.25, -0.2) is 0 Å². The van der Waals surface area contributed by atoms with Crippen LogP contribution in [0, 0.1) is 13.8 Å². The number of hydrogen-bond acceptors (Lipinski definition) is 5. The molecule has 0 spiro atoms. The van der Waals surface area contributed by atoms with Gasteiger partial charge in [0.2, 0.25) is 0 Å². The number of carbonyl (C=O) groups is 1. The Morgan fingerprint density at radius 1 is 1.27 bits per heavy atom. The summed E-state index contributed by atoms with van der Waals surface area (Å²) < 4.78 is 10.9. The van der Waals surface area contributed by atoms with Crippen molar-refractivity contribution in [1.82, 2.24) is 4.90 Å². The number of thiophene rings is 1. The molecule has 0 saturated carbocycles. The lowest BCUT2D eigenvalue weighted by Crippen LogP contribution is -2.35. The van der Waals surface area contributed by atoms with E-state index in [1.54, 1.807) is 24.5 Å².